The smallest absolute Gasteiger partial charge is 0.330 e. The van der Waals surface area contributed by atoms with E-state index in [1.54, 1.807) is 6.08 Å². The molecule has 0 radical (unpaired) electrons. The Balaban J connectivity index is 1.85. The fraction of sp³-hybridized carbons (Fsp3) is 0.438. The second kappa shape index (κ2) is 5.85. The normalized spacial score (nSPS) is 15.3. The summed E-state index contributed by atoms with van der Waals surface area (Å²) >= 11 is 0. The highest BCUT2D eigenvalue weighted by Gasteiger charge is 2.22. The summed E-state index contributed by atoms with van der Waals surface area (Å²) in [6.45, 7) is 4.91. The molecule has 1 aliphatic carbocycles. The highest BCUT2D eigenvalue weighted by molar-refractivity contribution is 5.87. The Bertz CT molecular complexity index is 425. The van der Waals surface area contributed by atoms with Crippen LogP contribution < -0.4 is 0 Å². The molecule has 1 aromatic rings. The number of hydrogen-bond donors (Lipinski definition) is 0. The molecular weight excluding hydrogens is 224 g/mol. The summed E-state index contributed by atoms with van der Waals surface area (Å²) in [5.74, 6) is 0.911. The van der Waals surface area contributed by atoms with Crippen molar-refractivity contribution in [1.82, 2.24) is 0 Å². The molecule has 0 unspecified atom stereocenters. The highest BCUT2D eigenvalue weighted by Crippen LogP contribution is 2.28. The highest BCUT2D eigenvalue weighted by atomic mass is 16.5. The molecule has 18 heavy (non-hydrogen) atoms. The largest absolute Gasteiger partial charge is 0.462 e. The van der Waals surface area contributed by atoms with Crippen molar-refractivity contribution in [3.8, 4) is 0 Å². The maximum Gasteiger partial charge on any atom is 0.330 e. The van der Waals surface area contributed by atoms with Gasteiger partial charge in [0.15, 0.2) is 0 Å². The average molecular weight is 244 g/mol. The number of carbonyl (C=O) groups excluding carboxylic acids is 1. The van der Waals surface area contributed by atoms with Crippen molar-refractivity contribution < 1.29 is 9.53 Å². The molecule has 0 aromatic heterocycles. The number of benzene rings is 1. The SMILES string of the molecule is CC(C)c1ccc(C=CC(=O)OCC2CC2)cc1. The molecule has 2 nitrogen and oxygen atoms in total. The summed E-state index contributed by atoms with van der Waals surface area (Å²) in [6.07, 6.45) is 5.72. The predicted molar refractivity (Wildman–Crippen MR) is 73.2 cm³/mol. The van der Waals surface area contributed by atoms with Crippen molar-refractivity contribution in [3.63, 3.8) is 0 Å². The molecular formula is C16H20O2. The fourth-order valence-electron chi connectivity index (χ4n) is 1.69. The molecule has 96 valence electrons. The van der Waals surface area contributed by atoms with Crippen LogP contribution in [0.15, 0.2) is 30.3 Å². The van der Waals surface area contributed by atoms with Crippen LogP contribution >= 0.6 is 0 Å². The van der Waals surface area contributed by atoms with E-state index in [9.17, 15) is 4.79 Å². The summed E-state index contributed by atoms with van der Waals surface area (Å²) in [4.78, 5) is 11.4. The van der Waals surface area contributed by atoms with Crippen LogP contribution in [0.2, 0.25) is 0 Å². The second-order valence-electron chi connectivity index (χ2n) is 5.23. The Labute approximate surface area is 109 Å². The number of hydrogen-bond acceptors (Lipinski definition) is 2. The molecule has 1 saturated carbocycles. The topological polar surface area (TPSA) is 26.3 Å². The number of carbonyl (C=O) groups is 1. The summed E-state index contributed by atoms with van der Waals surface area (Å²) in [5, 5.41) is 0. The first kappa shape index (κ1) is 12.9. The van der Waals surface area contributed by atoms with Gasteiger partial charge in [-0.15, -0.1) is 0 Å². The number of rotatable bonds is 5. The Morgan fingerprint density at radius 2 is 2.00 bits per heavy atom. The van der Waals surface area contributed by atoms with Crippen molar-refractivity contribution in [2.45, 2.75) is 32.6 Å². The maximum absolute atomic E-state index is 11.4. The fourth-order valence-corrected chi connectivity index (χ4v) is 1.69. The lowest BCUT2D eigenvalue weighted by atomic mass is 10.0. The number of ether oxygens (including phenoxy) is 1. The maximum atomic E-state index is 11.4. The first-order chi connectivity index (χ1) is 8.65. The molecule has 0 heterocycles. The van der Waals surface area contributed by atoms with E-state index in [1.807, 2.05) is 12.1 Å². The van der Waals surface area contributed by atoms with Crippen molar-refractivity contribution in [2.75, 3.05) is 6.61 Å². The zero-order valence-electron chi connectivity index (χ0n) is 11.1. The minimum absolute atomic E-state index is 0.241. The van der Waals surface area contributed by atoms with E-state index in [-0.39, 0.29) is 5.97 Å². The van der Waals surface area contributed by atoms with Crippen LogP contribution in [0, 0.1) is 5.92 Å². The number of esters is 1. The van der Waals surface area contributed by atoms with E-state index >= 15 is 0 Å². The van der Waals surface area contributed by atoms with Crippen molar-refractivity contribution >= 4 is 12.0 Å². The van der Waals surface area contributed by atoms with Crippen molar-refractivity contribution in [1.29, 1.82) is 0 Å². The minimum atomic E-state index is -0.241. The lowest BCUT2D eigenvalue weighted by Crippen LogP contribution is -2.03. The Kier molecular flexibility index (Phi) is 4.19. The summed E-state index contributed by atoms with van der Waals surface area (Å²) in [7, 11) is 0. The Morgan fingerprint density at radius 1 is 1.33 bits per heavy atom. The first-order valence-electron chi connectivity index (χ1n) is 6.60. The molecule has 0 spiro atoms. The molecule has 2 rings (SSSR count). The van der Waals surface area contributed by atoms with E-state index < -0.39 is 0 Å². The average Bonchev–Trinajstić information content (AvgIpc) is 3.18. The molecule has 1 aliphatic rings. The quantitative estimate of drug-likeness (QED) is 0.582. The molecule has 0 aliphatic heterocycles. The lowest BCUT2D eigenvalue weighted by molar-refractivity contribution is -0.138. The monoisotopic (exact) mass is 244 g/mol. The zero-order valence-corrected chi connectivity index (χ0v) is 11.1. The molecule has 0 saturated heterocycles. The molecule has 0 bridgehead atoms. The van der Waals surface area contributed by atoms with Crippen LogP contribution in [-0.2, 0) is 9.53 Å². The van der Waals surface area contributed by atoms with E-state index in [0.29, 0.717) is 18.4 Å². The zero-order chi connectivity index (χ0) is 13.0. The molecule has 0 N–H and O–H groups in total. The van der Waals surface area contributed by atoms with Gasteiger partial charge < -0.3 is 4.74 Å². The summed E-state index contributed by atoms with van der Waals surface area (Å²) < 4.78 is 5.12. The third kappa shape index (κ3) is 4.02. The molecule has 0 atom stereocenters. The van der Waals surface area contributed by atoms with E-state index in [2.05, 4.69) is 26.0 Å². The van der Waals surface area contributed by atoms with Gasteiger partial charge in [0.05, 0.1) is 6.61 Å². The molecule has 0 amide bonds. The van der Waals surface area contributed by atoms with E-state index in [0.717, 1.165) is 5.56 Å². The van der Waals surface area contributed by atoms with E-state index in [4.69, 9.17) is 4.74 Å². The van der Waals surface area contributed by atoms with Gasteiger partial charge in [0.2, 0.25) is 0 Å². The van der Waals surface area contributed by atoms with Crippen LogP contribution in [0.3, 0.4) is 0 Å². The van der Waals surface area contributed by atoms with Gasteiger partial charge in [-0.25, -0.2) is 4.79 Å². The van der Waals surface area contributed by atoms with Gasteiger partial charge in [-0.05, 0) is 41.9 Å². The predicted octanol–water partition coefficient (Wildman–Crippen LogP) is 3.78. The van der Waals surface area contributed by atoms with Crippen molar-refractivity contribution in [3.05, 3.63) is 41.5 Å². The van der Waals surface area contributed by atoms with Gasteiger partial charge in [0.25, 0.3) is 0 Å². The van der Waals surface area contributed by atoms with Crippen molar-refractivity contribution in [2.24, 2.45) is 5.92 Å². The first-order valence-corrected chi connectivity index (χ1v) is 6.60. The van der Waals surface area contributed by atoms with Crippen LogP contribution in [0.4, 0.5) is 0 Å². The summed E-state index contributed by atoms with van der Waals surface area (Å²) in [6, 6.07) is 8.25. The Hall–Kier alpha value is -1.57. The van der Waals surface area contributed by atoms with Crippen LogP contribution in [0.5, 0.6) is 0 Å². The van der Waals surface area contributed by atoms with Gasteiger partial charge in [-0.2, -0.15) is 0 Å². The summed E-state index contributed by atoms with van der Waals surface area (Å²) in [5.41, 5.74) is 2.34. The molecule has 2 heteroatoms. The van der Waals surface area contributed by atoms with Crippen LogP contribution in [-0.4, -0.2) is 12.6 Å². The van der Waals surface area contributed by atoms with E-state index in [1.165, 1.54) is 24.5 Å². The van der Waals surface area contributed by atoms with Crippen LogP contribution in [0.25, 0.3) is 6.08 Å². The second-order valence-corrected chi connectivity index (χ2v) is 5.23. The van der Waals surface area contributed by atoms with Crippen LogP contribution in [0.1, 0.15) is 43.7 Å². The van der Waals surface area contributed by atoms with Gasteiger partial charge in [-0.3, -0.25) is 0 Å². The third-order valence-electron chi connectivity index (χ3n) is 3.17. The lowest BCUT2D eigenvalue weighted by Gasteiger charge is -2.04. The van der Waals surface area contributed by atoms with Gasteiger partial charge in [0.1, 0.15) is 0 Å². The standard InChI is InChI=1S/C16H20O2/c1-12(2)15-8-5-13(6-9-15)7-10-16(17)18-11-14-3-4-14/h5-10,12,14H,3-4,11H2,1-2H3. The Morgan fingerprint density at radius 3 is 2.56 bits per heavy atom. The molecule has 1 fully saturated rings. The van der Waals surface area contributed by atoms with Gasteiger partial charge in [-0.1, -0.05) is 38.1 Å². The van der Waals surface area contributed by atoms with Gasteiger partial charge >= 0.3 is 5.97 Å². The minimum Gasteiger partial charge on any atom is -0.462 e. The third-order valence-corrected chi connectivity index (χ3v) is 3.17. The molecule has 1 aromatic carbocycles. The van der Waals surface area contributed by atoms with Gasteiger partial charge in [0, 0.05) is 6.08 Å².